The molecular weight excluding hydrogens is 392 g/mol. The van der Waals surface area contributed by atoms with Gasteiger partial charge in [0.25, 0.3) is 0 Å². The van der Waals surface area contributed by atoms with E-state index in [2.05, 4.69) is 31.9 Å². The van der Waals surface area contributed by atoms with Gasteiger partial charge in [0, 0.05) is 31.5 Å². The lowest BCUT2D eigenvalue weighted by atomic mass is 10.1. The fourth-order valence-corrected chi connectivity index (χ4v) is 5.07. The summed E-state index contributed by atoms with van der Waals surface area (Å²) in [5.41, 5.74) is 0.768. The van der Waals surface area contributed by atoms with Crippen LogP contribution in [0.15, 0.2) is 41.1 Å². The highest BCUT2D eigenvalue weighted by molar-refractivity contribution is 7.92. The van der Waals surface area contributed by atoms with Crippen LogP contribution in [0.3, 0.4) is 0 Å². The number of hydrogen-bond acceptors (Lipinski definition) is 7. The first-order valence-corrected chi connectivity index (χ1v) is 11.2. The van der Waals surface area contributed by atoms with Crippen LogP contribution in [-0.4, -0.2) is 61.4 Å². The van der Waals surface area contributed by atoms with Crippen LogP contribution in [0.2, 0.25) is 0 Å². The van der Waals surface area contributed by atoms with Gasteiger partial charge >= 0.3 is 0 Å². The molecule has 1 atom stereocenters. The van der Waals surface area contributed by atoms with E-state index in [1.54, 1.807) is 24.3 Å². The number of nitrogens with one attached hydrogen (secondary N) is 2. The van der Waals surface area contributed by atoms with Gasteiger partial charge in [0.1, 0.15) is 0 Å². The zero-order valence-electron chi connectivity index (χ0n) is 14.4. The second-order valence-electron chi connectivity index (χ2n) is 6.25. The molecule has 1 fully saturated rings. The summed E-state index contributed by atoms with van der Waals surface area (Å²) >= 11 is 0. The molecule has 2 aromatic rings. The predicted octanol–water partition coefficient (Wildman–Crippen LogP) is -0.136. The summed E-state index contributed by atoms with van der Waals surface area (Å²) in [7, 11) is -7.17. The monoisotopic (exact) mass is 412 g/mol. The molecule has 2 heterocycles. The van der Waals surface area contributed by atoms with Crippen molar-refractivity contribution in [1.29, 1.82) is 0 Å². The van der Waals surface area contributed by atoms with Crippen LogP contribution in [0, 0.1) is 5.92 Å². The zero-order chi connectivity index (χ0) is 19.5. The third-order valence-electron chi connectivity index (χ3n) is 4.34. The van der Waals surface area contributed by atoms with Crippen molar-refractivity contribution >= 4 is 20.0 Å². The Labute approximate surface area is 157 Å². The number of H-pyrrole nitrogens is 1. The highest BCUT2D eigenvalue weighted by atomic mass is 32.2. The van der Waals surface area contributed by atoms with Crippen molar-refractivity contribution in [2.75, 3.05) is 19.6 Å². The van der Waals surface area contributed by atoms with Gasteiger partial charge in [-0.15, -0.1) is 5.10 Å². The fraction of sp³-hybridized carbons (Fsp3) is 0.400. The van der Waals surface area contributed by atoms with Crippen molar-refractivity contribution in [2.45, 2.75) is 17.7 Å². The number of rotatable bonds is 8. The van der Waals surface area contributed by atoms with Crippen molar-refractivity contribution in [2.24, 2.45) is 5.92 Å². The van der Waals surface area contributed by atoms with E-state index in [0.29, 0.717) is 25.2 Å². The van der Waals surface area contributed by atoms with Gasteiger partial charge in [-0.3, -0.25) is 0 Å². The van der Waals surface area contributed by atoms with Gasteiger partial charge in [0.2, 0.25) is 20.0 Å². The molecule has 2 N–H and O–H groups in total. The number of tetrazole rings is 1. The van der Waals surface area contributed by atoms with Gasteiger partial charge in [-0.2, -0.15) is 4.31 Å². The summed E-state index contributed by atoms with van der Waals surface area (Å²) < 4.78 is 52.5. The Morgan fingerprint density at radius 3 is 2.85 bits per heavy atom. The summed E-state index contributed by atoms with van der Waals surface area (Å²) in [6, 6.07) is 6.63. The molecule has 1 aromatic heterocycles. The van der Waals surface area contributed by atoms with Crippen LogP contribution in [0.1, 0.15) is 17.8 Å². The summed E-state index contributed by atoms with van der Waals surface area (Å²) in [5.74, 6) is 0.457. The van der Waals surface area contributed by atoms with Crippen molar-refractivity contribution in [3.05, 3.63) is 47.6 Å². The maximum Gasteiger partial charge on any atom is 0.243 e. The van der Waals surface area contributed by atoms with Crippen LogP contribution in [0.4, 0.5) is 0 Å². The average Bonchev–Trinajstić information content (AvgIpc) is 3.32. The van der Waals surface area contributed by atoms with E-state index in [1.165, 1.54) is 4.31 Å². The minimum atomic E-state index is -3.66. The van der Waals surface area contributed by atoms with Crippen molar-refractivity contribution in [3.8, 4) is 0 Å². The second-order valence-corrected chi connectivity index (χ2v) is 9.90. The molecular formula is C15H20N6O4S2. The van der Waals surface area contributed by atoms with E-state index in [9.17, 15) is 16.8 Å². The molecule has 1 saturated heterocycles. The van der Waals surface area contributed by atoms with Crippen LogP contribution >= 0.6 is 0 Å². The molecule has 0 bridgehead atoms. The first-order valence-electron chi connectivity index (χ1n) is 8.24. The Kier molecular flexibility index (Phi) is 5.69. The lowest BCUT2D eigenvalue weighted by Gasteiger charge is -2.17. The van der Waals surface area contributed by atoms with Crippen molar-refractivity contribution in [1.82, 2.24) is 29.7 Å². The third kappa shape index (κ3) is 4.77. The first-order chi connectivity index (χ1) is 12.8. The standard InChI is InChI=1S/C15H20N6O4S2/c1-2-26(22,23)16-10-13-6-7-21(11-13)27(24,25)14-5-3-4-12(8-14)9-15-17-19-20-18-15/h2-5,8,13,16H,1,6-7,9-11H2,(H,17,18,19,20). The van der Waals surface area contributed by atoms with Gasteiger partial charge < -0.3 is 0 Å². The summed E-state index contributed by atoms with van der Waals surface area (Å²) in [5, 5.41) is 14.3. The molecule has 12 heteroatoms. The molecule has 146 valence electrons. The van der Waals surface area contributed by atoms with E-state index in [-0.39, 0.29) is 23.9 Å². The zero-order valence-corrected chi connectivity index (χ0v) is 16.1. The molecule has 0 saturated carbocycles. The van der Waals surface area contributed by atoms with E-state index < -0.39 is 20.0 Å². The highest BCUT2D eigenvalue weighted by Crippen LogP contribution is 2.25. The van der Waals surface area contributed by atoms with Gasteiger partial charge in [-0.05, 0) is 40.5 Å². The van der Waals surface area contributed by atoms with Gasteiger partial charge in [0.05, 0.1) is 4.90 Å². The lowest BCUT2D eigenvalue weighted by molar-refractivity contribution is 0.455. The third-order valence-corrected chi connectivity index (χ3v) is 7.21. The topological polar surface area (TPSA) is 138 Å². The second kappa shape index (κ2) is 7.84. The maximum absolute atomic E-state index is 12.9. The smallest absolute Gasteiger partial charge is 0.243 e. The summed E-state index contributed by atoms with van der Waals surface area (Å²) in [6.45, 7) is 4.02. The Morgan fingerprint density at radius 1 is 1.33 bits per heavy atom. The normalized spacial score (nSPS) is 18.6. The van der Waals surface area contributed by atoms with E-state index in [0.717, 1.165) is 11.0 Å². The van der Waals surface area contributed by atoms with Crippen molar-refractivity contribution in [3.63, 3.8) is 0 Å². The fourth-order valence-electron chi connectivity index (χ4n) is 2.89. The number of aromatic nitrogens is 4. The lowest BCUT2D eigenvalue weighted by Crippen LogP contribution is -2.32. The highest BCUT2D eigenvalue weighted by Gasteiger charge is 2.32. The van der Waals surface area contributed by atoms with Gasteiger partial charge in [-0.1, -0.05) is 18.7 Å². The SMILES string of the molecule is C=CS(=O)(=O)NCC1CCN(S(=O)(=O)c2cccc(Cc3nnn[nH]3)c2)C1. The van der Waals surface area contributed by atoms with Crippen LogP contribution in [0.5, 0.6) is 0 Å². The van der Waals surface area contributed by atoms with Gasteiger partial charge in [-0.25, -0.2) is 26.7 Å². The number of hydrogen-bond donors (Lipinski definition) is 2. The predicted molar refractivity (Wildman–Crippen MR) is 97.4 cm³/mol. The quantitative estimate of drug-likeness (QED) is 0.615. The van der Waals surface area contributed by atoms with Crippen LogP contribution < -0.4 is 4.72 Å². The Balaban J connectivity index is 1.69. The number of aromatic amines is 1. The number of sulfonamides is 2. The summed E-state index contributed by atoms with van der Waals surface area (Å²) in [6.07, 6.45) is 0.977. The maximum atomic E-state index is 12.9. The minimum absolute atomic E-state index is 0.0852. The van der Waals surface area contributed by atoms with Crippen molar-refractivity contribution < 1.29 is 16.8 Å². The number of nitrogens with zero attached hydrogens (tertiary/aromatic N) is 4. The number of benzene rings is 1. The molecule has 1 aromatic carbocycles. The average molecular weight is 412 g/mol. The molecule has 10 nitrogen and oxygen atoms in total. The van der Waals surface area contributed by atoms with E-state index >= 15 is 0 Å². The largest absolute Gasteiger partial charge is 0.243 e. The van der Waals surface area contributed by atoms with E-state index in [1.807, 2.05) is 0 Å². The molecule has 27 heavy (non-hydrogen) atoms. The minimum Gasteiger partial charge on any atom is -0.243 e. The summed E-state index contributed by atoms with van der Waals surface area (Å²) in [4.78, 5) is 0.194. The van der Waals surface area contributed by atoms with Crippen LogP contribution in [-0.2, 0) is 26.5 Å². The molecule has 3 rings (SSSR count). The Morgan fingerprint density at radius 2 is 2.15 bits per heavy atom. The molecule has 0 aliphatic carbocycles. The van der Waals surface area contributed by atoms with Gasteiger partial charge in [0.15, 0.2) is 5.82 Å². The molecule has 0 spiro atoms. The molecule has 0 radical (unpaired) electrons. The molecule has 1 aliphatic heterocycles. The molecule has 0 amide bonds. The Hall–Kier alpha value is -2.15. The van der Waals surface area contributed by atoms with E-state index in [4.69, 9.17) is 0 Å². The molecule has 1 aliphatic rings. The molecule has 1 unspecified atom stereocenters. The van der Waals surface area contributed by atoms with Crippen LogP contribution in [0.25, 0.3) is 0 Å². The Bertz CT molecular complexity index is 1000. The first kappa shape index (κ1) is 19.6.